The Balaban J connectivity index is 2.86. The van der Waals surface area contributed by atoms with E-state index in [2.05, 4.69) is 6.92 Å². The van der Waals surface area contributed by atoms with Crippen molar-refractivity contribution in [2.75, 3.05) is 6.54 Å². The van der Waals surface area contributed by atoms with E-state index in [1.807, 2.05) is 0 Å². The summed E-state index contributed by atoms with van der Waals surface area (Å²) in [5, 5.41) is 0. The third-order valence-electron chi connectivity index (χ3n) is 3.81. The molecule has 0 aliphatic carbocycles. The molecule has 0 fully saturated rings. The monoisotopic (exact) mass is 255 g/mol. The zero-order chi connectivity index (χ0) is 13.3. The summed E-state index contributed by atoms with van der Waals surface area (Å²) in [5.41, 5.74) is 5.48. The van der Waals surface area contributed by atoms with Gasteiger partial charge in [0.2, 0.25) is 0 Å². The molecule has 0 unspecified atom stereocenters. The molecule has 0 saturated heterocycles. The van der Waals surface area contributed by atoms with Crippen molar-refractivity contribution in [2.24, 2.45) is 5.73 Å². The molecule has 0 saturated carbocycles. The summed E-state index contributed by atoms with van der Waals surface area (Å²) < 4.78 is 0. The van der Waals surface area contributed by atoms with Gasteiger partial charge in [0, 0.05) is 0 Å². The summed E-state index contributed by atoms with van der Waals surface area (Å²) >= 11 is 0. The van der Waals surface area contributed by atoms with E-state index in [9.17, 15) is 0 Å². The van der Waals surface area contributed by atoms with Crippen LogP contribution in [-0.2, 0) is 0 Å². The number of unbranched alkanes of at least 4 members (excludes halogenated alkanes) is 14. The zero-order valence-corrected chi connectivity index (χ0v) is 12.9. The van der Waals surface area contributed by atoms with E-state index in [1.54, 1.807) is 0 Å². The molecule has 1 nitrogen and oxygen atoms in total. The Morgan fingerprint density at radius 3 is 1.00 bits per heavy atom. The van der Waals surface area contributed by atoms with Crippen molar-refractivity contribution in [3.63, 3.8) is 0 Å². The lowest BCUT2D eigenvalue weighted by molar-refractivity contribution is 0.533. The SMILES string of the molecule is CCCCCCCCCCCCCCCCCN. The van der Waals surface area contributed by atoms with Crippen LogP contribution in [0.25, 0.3) is 0 Å². The van der Waals surface area contributed by atoms with Gasteiger partial charge in [-0.3, -0.25) is 0 Å². The lowest BCUT2D eigenvalue weighted by atomic mass is 10.0. The number of nitrogens with two attached hydrogens (primary N) is 1. The topological polar surface area (TPSA) is 26.0 Å². The van der Waals surface area contributed by atoms with Gasteiger partial charge in [-0.05, 0) is 13.0 Å². The normalized spacial score (nSPS) is 11.0. The fourth-order valence-corrected chi connectivity index (χ4v) is 2.52. The van der Waals surface area contributed by atoms with E-state index >= 15 is 0 Å². The van der Waals surface area contributed by atoms with Gasteiger partial charge in [0.05, 0.1) is 0 Å². The average Bonchev–Trinajstić information content (AvgIpc) is 2.39. The minimum atomic E-state index is 0.873. The van der Waals surface area contributed by atoms with E-state index in [0.29, 0.717) is 0 Å². The predicted octanol–water partition coefficient (Wildman–Crippen LogP) is 5.82. The lowest BCUT2D eigenvalue weighted by Gasteiger charge is -2.03. The lowest BCUT2D eigenvalue weighted by Crippen LogP contribution is -1.97. The summed E-state index contributed by atoms with van der Waals surface area (Å²) in [4.78, 5) is 0. The molecule has 0 aliphatic rings. The highest BCUT2D eigenvalue weighted by Crippen LogP contribution is 2.13. The molecule has 110 valence electrons. The Labute approximate surface area is 116 Å². The van der Waals surface area contributed by atoms with Gasteiger partial charge in [-0.15, -0.1) is 0 Å². The van der Waals surface area contributed by atoms with Crippen LogP contribution < -0.4 is 5.73 Å². The van der Waals surface area contributed by atoms with Crippen LogP contribution in [0.2, 0.25) is 0 Å². The quantitative estimate of drug-likeness (QED) is 0.367. The summed E-state index contributed by atoms with van der Waals surface area (Å²) in [5.74, 6) is 0. The van der Waals surface area contributed by atoms with Crippen molar-refractivity contribution in [1.29, 1.82) is 0 Å². The zero-order valence-electron chi connectivity index (χ0n) is 12.9. The van der Waals surface area contributed by atoms with Crippen LogP contribution >= 0.6 is 0 Å². The Hall–Kier alpha value is -0.0400. The van der Waals surface area contributed by atoms with Crippen LogP contribution in [0.1, 0.15) is 103 Å². The van der Waals surface area contributed by atoms with Gasteiger partial charge >= 0.3 is 0 Å². The molecule has 0 aromatic heterocycles. The first-order chi connectivity index (χ1) is 8.91. The van der Waals surface area contributed by atoms with E-state index in [1.165, 1.54) is 96.3 Å². The number of hydrogen-bond acceptors (Lipinski definition) is 1. The molecule has 0 bridgehead atoms. The molecule has 0 rings (SSSR count). The molecule has 0 aromatic rings. The molecule has 0 atom stereocenters. The van der Waals surface area contributed by atoms with Crippen LogP contribution in [0.15, 0.2) is 0 Å². The van der Waals surface area contributed by atoms with Crippen LogP contribution in [0, 0.1) is 0 Å². The van der Waals surface area contributed by atoms with E-state index in [-0.39, 0.29) is 0 Å². The van der Waals surface area contributed by atoms with Gasteiger partial charge in [0.25, 0.3) is 0 Å². The minimum Gasteiger partial charge on any atom is -0.330 e. The van der Waals surface area contributed by atoms with Crippen molar-refractivity contribution in [2.45, 2.75) is 103 Å². The maximum atomic E-state index is 5.48. The third-order valence-corrected chi connectivity index (χ3v) is 3.81. The minimum absolute atomic E-state index is 0.873. The Morgan fingerprint density at radius 2 is 0.722 bits per heavy atom. The molecule has 0 radical (unpaired) electrons. The first kappa shape index (κ1) is 18.0. The van der Waals surface area contributed by atoms with Gasteiger partial charge in [-0.25, -0.2) is 0 Å². The van der Waals surface area contributed by atoms with Crippen LogP contribution in [0.5, 0.6) is 0 Å². The van der Waals surface area contributed by atoms with Crippen LogP contribution in [-0.4, -0.2) is 6.54 Å². The molecule has 0 amide bonds. The molecule has 0 heterocycles. The van der Waals surface area contributed by atoms with Gasteiger partial charge in [-0.2, -0.15) is 0 Å². The molecule has 0 spiro atoms. The van der Waals surface area contributed by atoms with Crippen LogP contribution in [0.4, 0.5) is 0 Å². The summed E-state index contributed by atoms with van der Waals surface area (Å²) in [6.45, 7) is 3.16. The Morgan fingerprint density at radius 1 is 0.444 bits per heavy atom. The molecule has 2 N–H and O–H groups in total. The van der Waals surface area contributed by atoms with E-state index in [0.717, 1.165) is 6.54 Å². The highest BCUT2D eigenvalue weighted by atomic mass is 14.5. The average molecular weight is 255 g/mol. The van der Waals surface area contributed by atoms with E-state index < -0.39 is 0 Å². The first-order valence-corrected chi connectivity index (χ1v) is 8.62. The molecule has 0 aliphatic heterocycles. The van der Waals surface area contributed by atoms with Crippen molar-refractivity contribution in [1.82, 2.24) is 0 Å². The fourth-order valence-electron chi connectivity index (χ4n) is 2.52. The van der Waals surface area contributed by atoms with Crippen molar-refractivity contribution < 1.29 is 0 Å². The number of hydrogen-bond donors (Lipinski definition) is 1. The highest BCUT2D eigenvalue weighted by molar-refractivity contribution is 4.49. The molecular weight excluding hydrogens is 218 g/mol. The summed E-state index contributed by atoms with van der Waals surface area (Å²) in [7, 11) is 0. The maximum Gasteiger partial charge on any atom is -0.00773 e. The van der Waals surface area contributed by atoms with E-state index in [4.69, 9.17) is 5.73 Å². The summed E-state index contributed by atoms with van der Waals surface area (Å²) in [6.07, 6.45) is 21.4. The standard InChI is InChI=1S/C17H37N/c1-2-3-4-5-6-7-8-9-10-11-12-13-14-15-16-17-18/h2-18H2,1H3. The van der Waals surface area contributed by atoms with Gasteiger partial charge in [0.15, 0.2) is 0 Å². The van der Waals surface area contributed by atoms with Crippen molar-refractivity contribution in [3.8, 4) is 0 Å². The Bertz CT molecular complexity index is 118. The fraction of sp³-hybridized carbons (Fsp3) is 1.00. The van der Waals surface area contributed by atoms with Crippen molar-refractivity contribution in [3.05, 3.63) is 0 Å². The second kappa shape index (κ2) is 17.0. The predicted molar refractivity (Wildman–Crippen MR) is 84.0 cm³/mol. The third kappa shape index (κ3) is 16.0. The first-order valence-electron chi connectivity index (χ1n) is 8.62. The molecule has 1 heteroatoms. The molecule has 0 aromatic carbocycles. The van der Waals surface area contributed by atoms with Gasteiger partial charge in [0.1, 0.15) is 0 Å². The maximum absolute atomic E-state index is 5.48. The molecular formula is C17H37N. The second-order valence-electron chi connectivity index (χ2n) is 5.74. The van der Waals surface area contributed by atoms with Crippen LogP contribution in [0.3, 0.4) is 0 Å². The Kier molecular flexibility index (Phi) is 16.9. The van der Waals surface area contributed by atoms with Gasteiger partial charge < -0.3 is 5.73 Å². The van der Waals surface area contributed by atoms with Crippen molar-refractivity contribution >= 4 is 0 Å². The summed E-state index contributed by atoms with van der Waals surface area (Å²) in [6, 6.07) is 0. The second-order valence-corrected chi connectivity index (χ2v) is 5.74. The largest absolute Gasteiger partial charge is 0.330 e. The molecule has 18 heavy (non-hydrogen) atoms. The van der Waals surface area contributed by atoms with Gasteiger partial charge in [-0.1, -0.05) is 96.8 Å². The smallest absolute Gasteiger partial charge is 0.00773 e. The highest BCUT2D eigenvalue weighted by Gasteiger charge is 1.93. The number of rotatable bonds is 15.